The van der Waals surface area contributed by atoms with Crippen LogP contribution in [0.25, 0.3) is 0 Å². The molecule has 7 fully saturated rings. The van der Waals surface area contributed by atoms with Crippen LogP contribution in [0.3, 0.4) is 0 Å². The van der Waals surface area contributed by atoms with Crippen LogP contribution in [-0.4, -0.2) is 108 Å². The van der Waals surface area contributed by atoms with E-state index in [2.05, 4.69) is 148 Å². The lowest BCUT2D eigenvalue weighted by atomic mass is 9.80. The van der Waals surface area contributed by atoms with Gasteiger partial charge in [0.1, 0.15) is 13.1 Å². The molecule has 0 aromatic heterocycles. The quantitative estimate of drug-likeness (QED) is 0.0253. The summed E-state index contributed by atoms with van der Waals surface area (Å²) in [6.07, 6.45) is 21.9. The molecule has 6 bridgehead atoms. The molecule has 7 aliphatic carbocycles. The predicted octanol–water partition coefficient (Wildman–Crippen LogP) is 19.0. The van der Waals surface area contributed by atoms with Crippen molar-refractivity contribution in [2.24, 2.45) is 34.0 Å². The molecule has 0 radical (unpaired) electrons. The first-order chi connectivity index (χ1) is 35.8. The Morgan fingerprint density at radius 2 is 0.622 bits per heavy atom. The van der Waals surface area contributed by atoms with Crippen molar-refractivity contribution >= 4 is 150 Å². The summed E-state index contributed by atoms with van der Waals surface area (Å²) in [5, 5.41) is 0.458. The minimum absolute atomic E-state index is 0.00824. The van der Waals surface area contributed by atoms with Gasteiger partial charge in [0, 0.05) is 64.7 Å². The summed E-state index contributed by atoms with van der Waals surface area (Å²) in [5.41, 5.74) is 0.493. The molecule has 74 heavy (non-hydrogen) atoms. The molecule has 10 unspecified atom stereocenters. The average Bonchev–Trinajstić information content (AvgIpc) is 4.29. The standard InChI is InChI=1S/C50H94O9S12Si3/c1-13-44-31-27-40(34-44)37-48(44,72(51-16-4,52-17-5)53-18-6)63-69-66-60-43-26-25-30-47(43,61-67-70-64-49(38-41-28-32-45(49,14-2)35-41)73(54-19-7,55-20-8)56-21-9)62-68-71-65-50(39-42-29-33-46(50,15-3)36-42)74(57-22-10,58-23-11)59-24-12/h40-43H,13-39H2,1-12H3. The molecule has 9 nitrogen and oxygen atoms in total. The maximum atomic E-state index is 6.93. The van der Waals surface area contributed by atoms with Crippen molar-refractivity contribution in [3.63, 3.8) is 0 Å². The monoisotopic (exact) mass is 1310 g/mol. The van der Waals surface area contributed by atoms with Crippen LogP contribution in [0.5, 0.6) is 0 Å². The number of hydrogen-bond acceptors (Lipinski definition) is 21. The van der Waals surface area contributed by atoms with E-state index < -0.39 is 26.4 Å². The second-order valence-electron chi connectivity index (χ2n) is 21.5. The molecule has 7 saturated carbocycles. The lowest BCUT2D eigenvalue weighted by Crippen LogP contribution is -2.68. The van der Waals surface area contributed by atoms with Crippen LogP contribution < -0.4 is 0 Å². The highest BCUT2D eigenvalue weighted by Gasteiger charge is 2.78. The molecule has 0 aromatic carbocycles. The van der Waals surface area contributed by atoms with Crippen LogP contribution in [0.1, 0.15) is 199 Å². The first-order valence-electron chi connectivity index (χ1n) is 28.6. The molecule has 432 valence electrons. The molecule has 24 heteroatoms. The molecule has 0 N–H and O–H groups in total. The lowest BCUT2D eigenvalue weighted by molar-refractivity contribution is 0.0347. The Kier molecular flexibility index (Phi) is 26.1. The van der Waals surface area contributed by atoms with Crippen LogP contribution in [-0.2, 0) is 39.8 Å². The molecule has 0 heterocycles. The third-order valence-corrected chi connectivity index (χ3v) is 57.9. The van der Waals surface area contributed by atoms with Crippen molar-refractivity contribution in [2.75, 3.05) is 59.5 Å². The van der Waals surface area contributed by atoms with Gasteiger partial charge in [0.2, 0.25) is 0 Å². The zero-order chi connectivity index (χ0) is 53.3. The Balaban J connectivity index is 1.15. The highest BCUT2D eigenvalue weighted by atomic mass is 33.7. The van der Waals surface area contributed by atoms with Gasteiger partial charge in [-0.25, -0.2) is 0 Å². The molecule has 0 aromatic rings. The van der Waals surface area contributed by atoms with E-state index in [9.17, 15) is 0 Å². The van der Waals surface area contributed by atoms with E-state index in [1.54, 1.807) is 0 Å². The van der Waals surface area contributed by atoms with Gasteiger partial charge >= 0.3 is 26.4 Å². The molecular weight excluding hydrogens is 1210 g/mol. The largest absolute Gasteiger partial charge is 0.519 e. The van der Waals surface area contributed by atoms with Gasteiger partial charge in [0.15, 0.2) is 0 Å². The maximum Gasteiger partial charge on any atom is 0.519 e. The van der Waals surface area contributed by atoms with E-state index in [0.29, 0.717) is 82.5 Å². The summed E-state index contributed by atoms with van der Waals surface area (Å²) in [7, 11) is 15.5. The molecule has 7 rings (SSSR count). The Hall–Kier alpha value is 4.49. The Bertz CT molecular complexity index is 1630. The van der Waals surface area contributed by atoms with E-state index >= 15 is 0 Å². The molecular formula is C50H94O9S12Si3. The molecule has 0 amide bonds. The molecule has 10 atom stereocenters. The van der Waals surface area contributed by atoms with Gasteiger partial charge in [-0.3, -0.25) is 0 Å². The molecule has 7 aliphatic rings. The van der Waals surface area contributed by atoms with Gasteiger partial charge in [0.25, 0.3) is 0 Å². The third-order valence-electron chi connectivity index (χ3n) is 18.6. The smallest absolute Gasteiger partial charge is 0.373 e. The lowest BCUT2D eigenvalue weighted by Gasteiger charge is -2.52. The minimum atomic E-state index is -3.11. The minimum Gasteiger partial charge on any atom is -0.373 e. The van der Waals surface area contributed by atoms with Gasteiger partial charge in [-0.05, 0) is 271 Å². The van der Waals surface area contributed by atoms with Gasteiger partial charge in [-0.2, -0.15) is 0 Å². The van der Waals surface area contributed by atoms with Crippen molar-refractivity contribution in [3.05, 3.63) is 0 Å². The summed E-state index contributed by atoms with van der Waals surface area (Å²) in [4.78, 5) is 0. The number of hydrogen-bond donors (Lipinski definition) is 0. The number of rotatable bonds is 39. The van der Waals surface area contributed by atoms with Gasteiger partial charge in [-0.15, -0.1) is 0 Å². The van der Waals surface area contributed by atoms with Crippen molar-refractivity contribution in [3.8, 4) is 0 Å². The first-order valence-corrected chi connectivity index (χ1v) is 48.3. The number of fused-ring (bicyclic) bond motifs is 6. The summed E-state index contributed by atoms with van der Waals surface area (Å²) < 4.78 is 61.8. The maximum absolute atomic E-state index is 6.93. The highest BCUT2D eigenvalue weighted by Crippen LogP contribution is 2.78. The fourth-order valence-electron chi connectivity index (χ4n) is 15.7. The van der Waals surface area contributed by atoms with Crippen LogP contribution >= 0.6 is 124 Å². The summed E-state index contributed by atoms with van der Waals surface area (Å²) in [6.45, 7) is 32.0. The Morgan fingerprint density at radius 3 is 0.892 bits per heavy atom. The van der Waals surface area contributed by atoms with Crippen LogP contribution in [0.4, 0.5) is 0 Å². The normalized spacial score (nSPS) is 36.6. The Labute approximate surface area is 499 Å². The predicted molar refractivity (Wildman–Crippen MR) is 346 cm³/mol. The summed E-state index contributed by atoms with van der Waals surface area (Å²) >= 11 is 0. The topological polar surface area (TPSA) is 83.1 Å². The van der Waals surface area contributed by atoms with Crippen LogP contribution in [0.15, 0.2) is 0 Å². The van der Waals surface area contributed by atoms with Gasteiger partial charge in [0.05, 0.1) is 4.08 Å². The van der Waals surface area contributed by atoms with Crippen molar-refractivity contribution < 1.29 is 39.8 Å². The van der Waals surface area contributed by atoms with Crippen molar-refractivity contribution in [1.82, 2.24) is 0 Å². The fraction of sp³-hybridized carbons (Fsp3) is 1.00. The van der Waals surface area contributed by atoms with E-state index in [4.69, 9.17) is 39.8 Å². The average molecular weight is 1310 g/mol. The second-order valence-corrected chi connectivity index (χ2v) is 50.2. The molecule has 0 spiro atoms. The van der Waals surface area contributed by atoms with Crippen LogP contribution in [0.2, 0.25) is 0 Å². The first kappa shape index (κ1) is 66.0. The van der Waals surface area contributed by atoms with E-state index in [1.165, 1.54) is 77.0 Å². The van der Waals surface area contributed by atoms with Gasteiger partial charge in [-0.1, -0.05) is 85.5 Å². The van der Waals surface area contributed by atoms with Gasteiger partial charge < -0.3 is 39.8 Å². The third kappa shape index (κ3) is 12.0. The Morgan fingerprint density at radius 1 is 0.338 bits per heavy atom. The van der Waals surface area contributed by atoms with E-state index in [1.807, 2.05) is 59.0 Å². The van der Waals surface area contributed by atoms with E-state index in [-0.39, 0.29) is 33.4 Å². The fourth-order valence-corrected chi connectivity index (χ4v) is 62.6. The zero-order valence-corrected chi connectivity index (χ0v) is 59.8. The highest BCUT2D eigenvalue weighted by molar-refractivity contribution is 9.30. The summed E-state index contributed by atoms with van der Waals surface area (Å²) in [5.74, 6) is 2.13. The molecule has 0 aliphatic heterocycles. The van der Waals surface area contributed by atoms with Crippen molar-refractivity contribution in [1.29, 1.82) is 0 Å². The SMILES string of the molecule is CCO[Si](OCC)(OCC)C1(SSSSC2CCCC2(SSSSC2([Si](OCC)(OCC)OCC)CC3CCC2(CC)C3)SSSSC2([Si](OCC)(OCC)OCC)CC3CCC2(CC)C3)CC2CCC1(CC)C2. The summed E-state index contributed by atoms with van der Waals surface area (Å²) in [6, 6.07) is 0. The second kappa shape index (κ2) is 29.3. The zero-order valence-electron chi connectivity index (χ0n) is 47.0. The van der Waals surface area contributed by atoms with Crippen LogP contribution in [0, 0.1) is 34.0 Å². The van der Waals surface area contributed by atoms with E-state index in [0.717, 1.165) is 38.5 Å². The molecule has 0 saturated heterocycles. The van der Waals surface area contributed by atoms with Crippen molar-refractivity contribution in [2.45, 2.75) is 221 Å².